The zero-order valence-electron chi connectivity index (χ0n) is 18.6. The fraction of sp³-hybridized carbons (Fsp3) is 0.762. The van der Waals surface area contributed by atoms with Gasteiger partial charge in [-0.15, -0.1) is 0 Å². The summed E-state index contributed by atoms with van der Waals surface area (Å²) in [4.78, 5) is 19.4. The molecule has 1 fully saturated rings. The molecule has 0 aliphatic heterocycles. The van der Waals surface area contributed by atoms with Crippen LogP contribution in [0.5, 0.6) is 0 Å². The molecule has 0 aromatic carbocycles. The van der Waals surface area contributed by atoms with Crippen LogP contribution >= 0.6 is 0 Å². The lowest BCUT2D eigenvalue weighted by Crippen LogP contribution is -2.49. The summed E-state index contributed by atoms with van der Waals surface area (Å²) >= 11 is 0. The van der Waals surface area contributed by atoms with Gasteiger partial charge >= 0.3 is 0 Å². The number of carbonyl (C=O) groups is 1. The van der Waals surface area contributed by atoms with Crippen molar-refractivity contribution in [3.05, 3.63) is 17.0 Å². The van der Waals surface area contributed by atoms with Crippen LogP contribution < -0.4 is 10.6 Å². The normalized spacial score (nSPS) is 16.3. The van der Waals surface area contributed by atoms with Crippen LogP contribution in [0.25, 0.3) is 0 Å². The molecule has 1 aromatic heterocycles. The zero-order valence-corrected chi connectivity index (χ0v) is 18.6. The number of rotatable bonds is 8. The van der Waals surface area contributed by atoms with Crippen LogP contribution in [-0.4, -0.2) is 53.7 Å². The van der Waals surface area contributed by atoms with E-state index in [2.05, 4.69) is 36.5 Å². The Hall–Kier alpha value is -2.05. The molecular formula is C21H38N6O. The minimum absolute atomic E-state index is 0.224. The predicted octanol–water partition coefficient (Wildman–Crippen LogP) is 2.25. The maximum Gasteiger partial charge on any atom is 0.230 e. The van der Waals surface area contributed by atoms with Crippen molar-refractivity contribution in [2.24, 2.45) is 17.5 Å². The second-order valence-corrected chi connectivity index (χ2v) is 7.94. The van der Waals surface area contributed by atoms with E-state index in [0.717, 1.165) is 56.7 Å². The Morgan fingerprint density at radius 3 is 2.39 bits per heavy atom. The second kappa shape index (κ2) is 9.94. The van der Waals surface area contributed by atoms with Crippen LogP contribution in [0.3, 0.4) is 0 Å². The Morgan fingerprint density at radius 2 is 1.86 bits per heavy atom. The van der Waals surface area contributed by atoms with Gasteiger partial charge in [-0.2, -0.15) is 5.10 Å². The van der Waals surface area contributed by atoms with Gasteiger partial charge in [-0.1, -0.05) is 26.7 Å². The minimum atomic E-state index is -0.308. The monoisotopic (exact) mass is 390 g/mol. The standard InChI is InChI=1S/C21H38N6O/c1-7-17-16(18(8-2)27(6)25-17)14-23-20(22-9-3)24-15-21(12-10-11-13-21)19(28)26(4)5/h7-15H2,1-6H3,(H2,22,23,24). The van der Waals surface area contributed by atoms with Crippen molar-refractivity contribution < 1.29 is 4.79 Å². The maximum absolute atomic E-state index is 12.8. The summed E-state index contributed by atoms with van der Waals surface area (Å²) in [5.41, 5.74) is 3.28. The highest BCUT2D eigenvalue weighted by atomic mass is 16.2. The third kappa shape index (κ3) is 4.86. The first kappa shape index (κ1) is 22.2. The molecule has 0 spiro atoms. The Labute approximate surface area is 170 Å². The molecule has 1 saturated carbocycles. The number of aliphatic imine (C=N–C) groups is 1. The number of amides is 1. The van der Waals surface area contributed by atoms with Crippen LogP contribution in [-0.2, 0) is 31.2 Å². The van der Waals surface area contributed by atoms with Crippen molar-refractivity contribution in [1.82, 2.24) is 25.3 Å². The van der Waals surface area contributed by atoms with Gasteiger partial charge in [-0.25, -0.2) is 4.99 Å². The molecule has 1 amide bonds. The number of hydrogen-bond donors (Lipinski definition) is 2. The highest BCUT2D eigenvalue weighted by Crippen LogP contribution is 2.38. The van der Waals surface area contributed by atoms with Crippen molar-refractivity contribution >= 4 is 11.9 Å². The van der Waals surface area contributed by atoms with Crippen molar-refractivity contribution in [3.63, 3.8) is 0 Å². The molecule has 28 heavy (non-hydrogen) atoms. The Kier molecular flexibility index (Phi) is 7.89. The van der Waals surface area contributed by atoms with E-state index in [1.165, 1.54) is 11.3 Å². The molecule has 2 N–H and O–H groups in total. The maximum atomic E-state index is 12.8. The molecule has 0 unspecified atom stereocenters. The van der Waals surface area contributed by atoms with Crippen LogP contribution in [0.2, 0.25) is 0 Å². The molecule has 0 bridgehead atoms. The van der Waals surface area contributed by atoms with Gasteiger partial charge in [0.15, 0.2) is 5.96 Å². The lowest BCUT2D eigenvalue weighted by molar-refractivity contribution is -0.138. The number of aromatic nitrogens is 2. The van der Waals surface area contributed by atoms with Crippen molar-refractivity contribution in [3.8, 4) is 0 Å². The van der Waals surface area contributed by atoms with Gasteiger partial charge in [0, 0.05) is 45.5 Å². The lowest BCUT2D eigenvalue weighted by atomic mass is 9.84. The van der Waals surface area contributed by atoms with E-state index in [0.29, 0.717) is 13.1 Å². The summed E-state index contributed by atoms with van der Waals surface area (Å²) in [6.07, 6.45) is 5.97. The molecule has 1 aliphatic carbocycles. The second-order valence-electron chi connectivity index (χ2n) is 7.94. The quantitative estimate of drug-likeness (QED) is 0.527. The van der Waals surface area contributed by atoms with Gasteiger partial charge in [0.2, 0.25) is 5.91 Å². The average molecular weight is 391 g/mol. The molecule has 2 rings (SSSR count). The molecule has 1 aliphatic rings. The zero-order chi connectivity index (χ0) is 20.7. The van der Waals surface area contributed by atoms with Crippen LogP contribution in [0, 0.1) is 5.41 Å². The number of aryl methyl sites for hydroxylation is 2. The van der Waals surface area contributed by atoms with Crippen molar-refractivity contribution in [2.45, 2.75) is 65.8 Å². The average Bonchev–Trinajstić information content (AvgIpc) is 3.27. The number of carbonyl (C=O) groups excluding carboxylic acids is 1. The number of nitrogens with one attached hydrogen (secondary N) is 2. The molecule has 158 valence electrons. The number of guanidine groups is 1. The number of nitrogens with zero attached hydrogens (tertiary/aromatic N) is 4. The molecule has 0 radical (unpaired) electrons. The fourth-order valence-electron chi connectivity index (χ4n) is 4.32. The first-order valence-electron chi connectivity index (χ1n) is 10.7. The van der Waals surface area contributed by atoms with Gasteiger partial charge in [0.05, 0.1) is 17.7 Å². The Bertz CT molecular complexity index is 685. The third-order valence-corrected chi connectivity index (χ3v) is 5.78. The highest BCUT2D eigenvalue weighted by molar-refractivity contribution is 5.85. The van der Waals surface area contributed by atoms with Crippen molar-refractivity contribution in [2.75, 3.05) is 27.2 Å². The largest absolute Gasteiger partial charge is 0.357 e. The van der Waals surface area contributed by atoms with E-state index < -0.39 is 0 Å². The summed E-state index contributed by atoms with van der Waals surface area (Å²) in [5.74, 6) is 0.996. The molecule has 7 heteroatoms. The highest BCUT2D eigenvalue weighted by Gasteiger charge is 2.42. The fourth-order valence-corrected chi connectivity index (χ4v) is 4.32. The Balaban J connectivity index is 2.16. The summed E-state index contributed by atoms with van der Waals surface area (Å²) in [6, 6.07) is 0. The first-order chi connectivity index (χ1) is 13.4. The van der Waals surface area contributed by atoms with Gasteiger partial charge in [-0.3, -0.25) is 9.48 Å². The smallest absolute Gasteiger partial charge is 0.230 e. The third-order valence-electron chi connectivity index (χ3n) is 5.78. The van der Waals surface area contributed by atoms with Crippen molar-refractivity contribution in [1.29, 1.82) is 0 Å². The van der Waals surface area contributed by atoms with E-state index in [-0.39, 0.29) is 11.3 Å². The SMILES string of the molecule is CCNC(=NCc1c(CC)nn(C)c1CC)NCC1(C(=O)N(C)C)CCCC1. The van der Waals surface area contributed by atoms with E-state index in [1.54, 1.807) is 4.90 Å². The van der Waals surface area contributed by atoms with Gasteiger partial charge < -0.3 is 15.5 Å². The predicted molar refractivity (Wildman–Crippen MR) is 114 cm³/mol. The van der Waals surface area contributed by atoms with E-state index >= 15 is 0 Å². The Morgan fingerprint density at radius 1 is 1.18 bits per heavy atom. The topological polar surface area (TPSA) is 74.5 Å². The molecule has 0 atom stereocenters. The van der Waals surface area contributed by atoms with E-state index in [9.17, 15) is 4.79 Å². The molecule has 1 aromatic rings. The summed E-state index contributed by atoms with van der Waals surface area (Å²) in [6.45, 7) is 8.37. The van der Waals surface area contributed by atoms with E-state index in [4.69, 9.17) is 4.99 Å². The molecule has 0 saturated heterocycles. The van der Waals surface area contributed by atoms with Crippen LogP contribution in [0.15, 0.2) is 4.99 Å². The van der Waals surface area contributed by atoms with Gasteiger partial charge in [0.1, 0.15) is 0 Å². The van der Waals surface area contributed by atoms with Gasteiger partial charge in [0.25, 0.3) is 0 Å². The minimum Gasteiger partial charge on any atom is -0.357 e. The molecule has 7 nitrogen and oxygen atoms in total. The summed E-state index contributed by atoms with van der Waals surface area (Å²) < 4.78 is 1.98. The van der Waals surface area contributed by atoms with E-state index in [1.807, 2.05) is 25.8 Å². The van der Waals surface area contributed by atoms with Crippen LogP contribution in [0.4, 0.5) is 0 Å². The van der Waals surface area contributed by atoms with Gasteiger partial charge in [-0.05, 0) is 32.6 Å². The summed E-state index contributed by atoms with van der Waals surface area (Å²) in [7, 11) is 5.71. The van der Waals surface area contributed by atoms with Crippen LogP contribution in [0.1, 0.15) is 63.4 Å². The summed E-state index contributed by atoms with van der Waals surface area (Å²) in [5, 5.41) is 11.4. The first-order valence-corrected chi connectivity index (χ1v) is 10.7. The molecule has 1 heterocycles. The molecular weight excluding hydrogens is 352 g/mol. The number of hydrogen-bond acceptors (Lipinski definition) is 3. The lowest BCUT2D eigenvalue weighted by Gasteiger charge is -2.31.